The summed E-state index contributed by atoms with van der Waals surface area (Å²) in [6, 6.07) is 7.80. The summed E-state index contributed by atoms with van der Waals surface area (Å²) in [5, 5.41) is 0. The second-order valence-electron chi connectivity index (χ2n) is 3.77. The van der Waals surface area contributed by atoms with Crippen LogP contribution in [0.4, 0.5) is 0 Å². The topological polar surface area (TPSA) is 46.9 Å². The van der Waals surface area contributed by atoms with Gasteiger partial charge in [0.2, 0.25) is 5.91 Å². The van der Waals surface area contributed by atoms with Crippen LogP contribution in [0.15, 0.2) is 24.3 Å². The fraction of sp³-hybridized carbons (Fsp3) is 0.333. The summed E-state index contributed by atoms with van der Waals surface area (Å²) < 4.78 is 1.78. The lowest BCUT2D eigenvalue weighted by atomic mass is 10.3. The third-order valence-electron chi connectivity index (χ3n) is 2.37. The van der Waals surface area contributed by atoms with Crippen LogP contribution in [0.5, 0.6) is 0 Å². The molecule has 0 saturated carbocycles. The number of carbonyl (C=O) groups is 1. The molecule has 1 N–H and O–H groups in total. The minimum absolute atomic E-state index is 0.0829. The van der Waals surface area contributed by atoms with Gasteiger partial charge < -0.3 is 0 Å². The lowest BCUT2D eigenvalue weighted by molar-refractivity contribution is -0.115. The van der Waals surface area contributed by atoms with Gasteiger partial charge in [-0.05, 0) is 18.6 Å². The third-order valence-corrected chi connectivity index (χ3v) is 2.37. The highest BCUT2D eigenvalue weighted by Crippen LogP contribution is 2.15. The Kier molecular flexibility index (Phi) is 2.90. The van der Waals surface area contributed by atoms with E-state index in [2.05, 4.69) is 17.3 Å². The van der Waals surface area contributed by atoms with Gasteiger partial charge in [0.1, 0.15) is 5.82 Å². The number of benzene rings is 1. The van der Waals surface area contributed by atoms with Crippen molar-refractivity contribution in [1.82, 2.24) is 9.66 Å². The van der Waals surface area contributed by atoms with E-state index < -0.39 is 0 Å². The highest BCUT2D eigenvalue weighted by molar-refractivity contribution is 5.84. The minimum Gasteiger partial charge on any atom is -0.274 e. The van der Waals surface area contributed by atoms with Gasteiger partial charge in [-0.15, -0.1) is 0 Å². The van der Waals surface area contributed by atoms with Crippen molar-refractivity contribution in [1.29, 1.82) is 0 Å². The first-order valence-electron chi connectivity index (χ1n) is 5.46. The number of fused-ring (bicyclic) bond motifs is 1. The van der Waals surface area contributed by atoms with Crippen molar-refractivity contribution >= 4 is 16.9 Å². The van der Waals surface area contributed by atoms with Crippen LogP contribution < -0.4 is 5.43 Å². The summed E-state index contributed by atoms with van der Waals surface area (Å²) in [5.41, 5.74) is 4.66. The van der Waals surface area contributed by atoms with E-state index in [-0.39, 0.29) is 5.91 Å². The number of hydrogen-bond acceptors (Lipinski definition) is 2. The van der Waals surface area contributed by atoms with Crippen LogP contribution in [0.1, 0.15) is 26.1 Å². The van der Waals surface area contributed by atoms with Crippen LogP contribution in [0.3, 0.4) is 0 Å². The van der Waals surface area contributed by atoms with Crippen molar-refractivity contribution in [2.45, 2.75) is 26.7 Å². The molecule has 84 valence electrons. The van der Waals surface area contributed by atoms with E-state index in [1.54, 1.807) is 4.68 Å². The van der Waals surface area contributed by atoms with Crippen LogP contribution in [-0.2, 0) is 11.2 Å². The molecule has 4 heteroatoms. The third kappa shape index (κ3) is 1.91. The molecule has 0 fully saturated rings. The first-order valence-corrected chi connectivity index (χ1v) is 5.46. The van der Waals surface area contributed by atoms with E-state index in [1.165, 1.54) is 6.92 Å². The molecule has 0 spiro atoms. The van der Waals surface area contributed by atoms with Gasteiger partial charge in [0.15, 0.2) is 0 Å². The second kappa shape index (κ2) is 4.35. The fourth-order valence-electron chi connectivity index (χ4n) is 1.75. The predicted molar refractivity (Wildman–Crippen MR) is 63.8 cm³/mol. The standard InChI is InChI=1S/C12H15N3O/c1-3-6-12-13-10-7-4-5-8-11(10)15(12)14-9(2)16/h4-5,7-8H,3,6H2,1-2H3,(H,14,16). The largest absolute Gasteiger partial charge is 0.274 e. The van der Waals surface area contributed by atoms with E-state index in [4.69, 9.17) is 0 Å². The number of aryl methyl sites for hydroxylation is 1. The Labute approximate surface area is 94.3 Å². The molecule has 4 nitrogen and oxygen atoms in total. The quantitative estimate of drug-likeness (QED) is 0.855. The molecule has 1 amide bonds. The van der Waals surface area contributed by atoms with E-state index >= 15 is 0 Å². The van der Waals surface area contributed by atoms with E-state index in [0.29, 0.717) is 0 Å². The molecule has 0 aliphatic carbocycles. The number of nitrogens with one attached hydrogen (secondary N) is 1. The Morgan fingerprint density at radius 3 is 2.88 bits per heavy atom. The number of nitrogens with zero attached hydrogens (tertiary/aromatic N) is 2. The van der Waals surface area contributed by atoms with Gasteiger partial charge in [-0.1, -0.05) is 19.1 Å². The van der Waals surface area contributed by atoms with Crippen LogP contribution in [-0.4, -0.2) is 15.6 Å². The Morgan fingerprint density at radius 2 is 2.19 bits per heavy atom. The number of imidazole rings is 1. The summed E-state index contributed by atoms with van der Waals surface area (Å²) in [4.78, 5) is 15.7. The van der Waals surface area contributed by atoms with Gasteiger partial charge >= 0.3 is 0 Å². The first kappa shape index (κ1) is 10.7. The van der Waals surface area contributed by atoms with Crippen molar-refractivity contribution in [2.75, 3.05) is 5.43 Å². The van der Waals surface area contributed by atoms with Crippen molar-refractivity contribution in [3.05, 3.63) is 30.1 Å². The summed E-state index contributed by atoms with van der Waals surface area (Å²) in [5.74, 6) is 0.819. The van der Waals surface area contributed by atoms with Crippen LogP contribution in [0, 0.1) is 0 Å². The highest BCUT2D eigenvalue weighted by atomic mass is 16.2. The van der Waals surface area contributed by atoms with Crippen molar-refractivity contribution < 1.29 is 4.79 Å². The number of amides is 1. The van der Waals surface area contributed by atoms with Gasteiger partial charge in [0, 0.05) is 13.3 Å². The molecule has 0 radical (unpaired) electrons. The normalized spacial score (nSPS) is 10.6. The molecule has 0 unspecified atom stereocenters. The maximum atomic E-state index is 11.2. The Balaban J connectivity index is 2.54. The van der Waals surface area contributed by atoms with Gasteiger partial charge in [0.25, 0.3) is 0 Å². The summed E-state index contributed by atoms with van der Waals surface area (Å²) in [7, 11) is 0. The molecule has 0 saturated heterocycles. The maximum absolute atomic E-state index is 11.2. The Hall–Kier alpha value is -1.84. The zero-order valence-corrected chi connectivity index (χ0v) is 9.53. The average Bonchev–Trinajstić information content (AvgIpc) is 2.57. The molecule has 2 rings (SSSR count). The smallest absolute Gasteiger partial charge is 0.235 e. The monoisotopic (exact) mass is 217 g/mol. The summed E-state index contributed by atoms with van der Waals surface area (Å²) in [6.45, 7) is 3.60. The van der Waals surface area contributed by atoms with Gasteiger partial charge in [0.05, 0.1) is 11.0 Å². The lowest BCUT2D eigenvalue weighted by Crippen LogP contribution is -2.21. The Bertz CT molecular complexity index is 516. The molecule has 2 aromatic rings. The molecule has 16 heavy (non-hydrogen) atoms. The predicted octanol–water partition coefficient (Wildman–Crippen LogP) is 2.08. The molecule has 0 atom stereocenters. The molecule has 0 bridgehead atoms. The zero-order chi connectivity index (χ0) is 11.5. The SMILES string of the molecule is CCCc1nc2ccccc2n1NC(C)=O. The van der Waals surface area contributed by atoms with Crippen molar-refractivity contribution in [3.63, 3.8) is 0 Å². The van der Waals surface area contributed by atoms with Crippen molar-refractivity contribution in [3.8, 4) is 0 Å². The van der Waals surface area contributed by atoms with Gasteiger partial charge in [-0.2, -0.15) is 0 Å². The minimum atomic E-state index is -0.0829. The molecular formula is C12H15N3O. The van der Waals surface area contributed by atoms with Crippen LogP contribution in [0.2, 0.25) is 0 Å². The molecule has 0 aliphatic heterocycles. The maximum Gasteiger partial charge on any atom is 0.235 e. The van der Waals surface area contributed by atoms with Crippen LogP contribution in [0.25, 0.3) is 11.0 Å². The van der Waals surface area contributed by atoms with Crippen molar-refractivity contribution in [2.24, 2.45) is 0 Å². The number of carbonyl (C=O) groups excluding carboxylic acids is 1. The summed E-state index contributed by atoms with van der Waals surface area (Å²) >= 11 is 0. The number of aromatic nitrogens is 2. The number of hydrogen-bond donors (Lipinski definition) is 1. The highest BCUT2D eigenvalue weighted by Gasteiger charge is 2.09. The first-order chi connectivity index (χ1) is 7.72. The zero-order valence-electron chi connectivity index (χ0n) is 9.53. The average molecular weight is 217 g/mol. The molecular weight excluding hydrogens is 202 g/mol. The van der Waals surface area contributed by atoms with Gasteiger partial charge in [-0.3, -0.25) is 10.2 Å². The molecule has 1 aromatic carbocycles. The molecule has 1 aromatic heterocycles. The number of para-hydroxylation sites is 2. The molecule has 1 heterocycles. The second-order valence-corrected chi connectivity index (χ2v) is 3.77. The fourth-order valence-corrected chi connectivity index (χ4v) is 1.75. The van der Waals surface area contributed by atoms with Gasteiger partial charge in [-0.25, -0.2) is 9.66 Å². The Morgan fingerprint density at radius 1 is 1.44 bits per heavy atom. The van der Waals surface area contributed by atoms with E-state index in [0.717, 1.165) is 29.7 Å². The van der Waals surface area contributed by atoms with Crippen LogP contribution >= 0.6 is 0 Å². The number of rotatable bonds is 3. The van der Waals surface area contributed by atoms with E-state index in [1.807, 2.05) is 24.3 Å². The molecule has 0 aliphatic rings. The summed E-state index contributed by atoms with van der Waals surface area (Å²) in [6.07, 6.45) is 1.86. The lowest BCUT2D eigenvalue weighted by Gasteiger charge is -2.07. The van der Waals surface area contributed by atoms with E-state index in [9.17, 15) is 4.79 Å².